The number of anilines is 1. The topological polar surface area (TPSA) is 67.3 Å². The van der Waals surface area contributed by atoms with Crippen molar-refractivity contribution < 1.29 is 9.53 Å². The van der Waals surface area contributed by atoms with E-state index in [1.54, 1.807) is 25.1 Å². The lowest BCUT2D eigenvalue weighted by molar-refractivity contribution is -0.127. The van der Waals surface area contributed by atoms with Gasteiger partial charge in [0.25, 0.3) is 0 Å². The maximum atomic E-state index is 11.8. The maximum absolute atomic E-state index is 11.8. The van der Waals surface area contributed by atoms with E-state index in [0.29, 0.717) is 16.8 Å². The molecule has 1 unspecified atom stereocenters. The Morgan fingerprint density at radius 2 is 2.39 bits per heavy atom. The molecule has 98 valence electrons. The fraction of sp³-hybridized carbons (Fsp3) is 0.545. The molecular weight excluding hydrogens is 256 g/mol. The average molecular weight is 271 g/mol. The van der Waals surface area contributed by atoms with Gasteiger partial charge in [-0.15, -0.1) is 0 Å². The molecule has 1 N–H and O–H groups in total. The first-order valence-corrected chi connectivity index (χ1v) is 6.02. The van der Waals surface area contributed by atoms with Gasteiger partial charge in [-0.2, -0.15) is 0 Å². The van der Waals surface area contributed by atoms with E-state index in [4.69, 9.17) is 16.3 Å². The molecule has 1 aliphatic heterocycles. The number of hydrogen-bond acceptors (Lipinski definition) is 5. The SMILES string of the molecule is COCc1nc(Cl)cc(NC2CCN(C)C2=O)n1. The first-order valence-electron chi connectivity index (χ1n) is 5.64. The lowest BCUT2D eigenvalue weighted by Crippen LogP contribution is -2.31. The molecule has 18 heavy (non-hydrogen) atoms. The van der Waals surface area contributed by atoms with Crippen LogP contribution in [0.25, 0.3) is 0 Å². The maximum Gasteiger partial charge on any atom is 0.244 e. The number of aromatic nitrogens is 2. The second-order valence-corrected chi connectivity index (χ2v) is 4.56. The van der Waals surface area contributed by atoms with Crippen LogP contribution in [0.2, 0.25) is 5.15 Å². The number of nitrogens with one attached hydrogen (secondary N) is 1. The Bertz CT molecular complexity index is 455. The number of hydrogen-bond donors (Lipinski definition) is 1. The summed E-state index contributed by atoms with van der Waals surface area (Å²) in [7, 11) is 3.35. The fourth-order valence-corrected chi connectivity index (χ4v) is 2.07. The van der Waals surface area contributed by atoms with Gasteiger partial charge >= 0.3 is 0 Å². The Morgan fingerprint density at radius 1 is 1.61 bits per heavy atom. The van der Waals surface area contributed by atoms with Crippen molar-refractivity contribution in [2.75, 3.05) is 26.0 Å². The number of methoxy groups -OCH3 is 1. The molecule has 1 atom stereocenters. The fourth-order valence-electron chi connectivity index (χ4n) is 1.87. The molecule has 0 spiro atoms. The first-order chi connectivity index (χ1) is 8.60. The quantitative estimate of drug-likeness (QED) is 0.824. The summed E-state index contributed by atoms with van der Waals surface area (Å²) in [5.41, 5.74) is 0. The predicted molar refractivity (Wildman–Crippen MR) is 67.4 cm³/mol. The average Bonchev–Trinajstić information content (AvgIpc) is 2.61. The van der Waals surface area contributed by atoms with Crippen LogP contribution < -0.4 is 5.32 Å². The lowest BCUT2D eigenvalue weighted by Gasteiger charge is -2.13. The standard InChI is InChI=1S/C11H15ClN4O2/c1-16-4-3-7(11(16)17)13-9-5-8(12)14-10(15-9)6-18-2/h5,7H,3-4,6H2,1-2H3,(H,13,14,15). The summed E-state index contributed by atoms with van der Waals surface area (Å²) < 4.78 is 4.96. The Kier molecular flexibility index (Phi) is 3.98. The zero-order valence-electron chi connectivity index (χ0n) is 10.3. The predicted octanol–water partition coefficient (Wildman–Crippen LogP) is 0.919. The van der Waals surface area contributed by atoms with Crippen molar-refractivity contribution in [3.63, 3.8) is 0 Å². The lowest BCUT2D eigenvalue weighted by atomic mass is 10.2. The Labute approximate surface area is 110 Å². The van der Waals surface area contributed by atoms with Crippen LogP contribution in [0.3, 0.4) is 0 Å². The van der Waals surface area contributed by atoms with E-state index in [9.17, 15) is 4.79 Å². The monoisotopic (exact) mass is 270 g/mol. The van der Waals surface area contributed by atoms with Crippen LogP contribution in [0, 0.1) is 0 Å². The highest BCUT2D eigenvalue weighted by atomic mass is 35.5. The number of ether oxygens (including phenoxy) is 1. The summed E-state index contributed by atoms with van der Waals surface area (Å²) in [5, 5.41) is 3.41. The molecule has 1 aliphatic rings. The van der Waals surface area contributed by atoms with Crippen molar-refractivity contribution >= 4 is 23.3 Å². The molecule has 1 aromatic heterocycles. The second-order valence-electron chi connectivity index (χ2n) is 4.17. The first kappa shape index (κ1) is 13.0. The third kappa shape index (κ3) is 2.88. The Balaban J connectivity index is 2.11. The van der Waals surface area contributed by atoms with E-state index in [1.807, 2.05) is 0 Å². The van der Waals surface area contributed by atoms with Crippen molar-refractivity contribution in [2.24, 2.45) is 0 Å². The van der Waals surface area contributed by atoms with Gasteiger partial charge in [-0.1, -0.05) is 11.6 Å². The smallest absolute Gasteiger partial charge is 0.244 e. The van der Waals surface area contributed by atoms with Crippen LogP contribution in [0.1, 0.15) is 12.2 Å². The van der Waals surface area contributed by atoms with Crippen LogP contribution in [-0.4, -0.2) is 47.5 Å². The third-order valence-electron chi connectivity index (χ3n) is 2.76. The van der Waals surface area contributed by atoms with Crippen LogP contribution in [0.15, 0.2) is 6.07 Å². The van der Waals surface area contributed by atoms with Gasteiger partial charge in [0.05, 0.1) is 0 Å². The zero-order chi connectivity index (χ0) is 13.1. The van der Waals surface area contributed by atoms with Crippen molar-refractivity contribution in [2.45, 2.75) is 19.1 Å². The highest BCUT2D eigenvalue weighted by Gasteiger charge is 2.29. The van der Waals surface area contributed by atoms with Gasteiger partial charge in [0.15, 0.2) is 5.82 Å². The normalized spacial score (nSPS) is 19.4. The van der Waals surface area contributed by atoms with Gasteiger partial charge in [-0.05, 0) is 6.42 Å². The van der Waals surface area contributed by atoms with Crippen LogP contribution in [-0.2, 0) is 16.1 Å². The number of likely N-dealkylation sites (tertiary alicyclic amines) is 1. The number of amides is 1. The number of carbonyl (C=O) groups is 1. The summed E-state index contributed by atoms with van der Waals surface area (Å²) >= 11 is 5.89. The van der Waals surface area contributed by atoms with Crippen LogP contribution in [0.4, 0.5) is 5.82 Å². The molecule has 7 heteroatoms. The summed E-state index contributed by atoms with van der Waals surface area (Å²) in [6, 6.07) is 1.36. The molecule has 6 nitrogen and oxygen atoms in total. The molecule has 1 saturated heterocycles. The molecule has 0 aromatic carbocycles. The van der Waals surface area contributed by atoms with E-state index < -0.39 is 0 Å². The third-order valence-corrected chi connectivity index (χ3v) is 2.96. The molecule has 2 heterocycles. The molecule has 0 radical (unpaired) electrons. The summed E-state index contributed by atoms with van der Waals surface area (Å²) in [4.78, 5) is 21.7. The van der Waals surface area contributed by atoms with Crippen LogP contribution in [0.5, 0.6) is 0 Å². The van der Waals surface area contributed by atoms with Crippen molar-refractivity contribution in [1.82, 2.24) is 14.9 Å². The van der Waals surface area contributed by atoms with E-state index >= 15 is 0 Å². The highest BCUT2D eigenvalue weighted by molar-refractivity contribution is 6.29. The van der Waals surface area contributed by atoms with Crippen molar-refractivity contribution in [1.29, 1.82) is 0 Å². The number of halogens is 1. The molecular formula is C11H15ClN4O2. The van der Waals surface area contributed by atoms with Crippen molar-refractivity contribution in [3.8, 4) is 0 Å². The number of nitrogens with zero attached hydrogens (tertiary/aromatic N) is 3. The van der Waals surface area contributed by atoms with E-state index in [2.05, 4.69) is 15.3 Å². The number of rotatable bonds is 4. The molecule has 0 saturated carbocycles. The van der Waals surface area contributed by atoms with Gasteiger partial charge in [0.2, 0.25) is 5.91 Å². The minimum atomic E-state index is -0.239. The Hall–Kier alpha value is -1.40. The van der Waals surface area contributed by atoms with E-state index in [1.165, 1.54) is 0 Å². The van der Waals surface area contributed by atoms with E-state index in [-0.39, 0.29) is 18.6 Å². The summed E-state index contributed by atoms with van der Waals surface area (Å²) in [6.07, 6.45) is 0.760. The van der Waals surface area contributed by atoms with Gasteiger partial charge < -0.3 is 15.0 Å². The second kappa shape index (κ2) is 5.49. The Morgan fingerprint density at radius 3 is 3.00 bits per heavy atom. The molecule has 0 aliphatic carbocycles. The highest BCUT2D eigenvalue weighted by Crippen LogP contribution is 2.17. The van der Waals surface area contributed by atoms with Crippen LogP contribution >= 0.6 is 11.6 Å². The zero-order valence-corrected chi connectivity index (χ0v) is 11.1. The van der Waals surface area contributed by atoms with Crippen molar-refractivity contribution in [3.05, 3.63) is 17.0 Å². The molecule has 2 rings (SSSR count). The van der Waals surface area contributed by atoms with Gasteiger partial charge in [-0.25, -0.2) is 9.97 Å². The minimum absolute atomic E-state index is 0.0676. The van der Waals surface area contributed by atoms with E-state index in [0.717, 1.165) is 13.0 Å². The van der Waals surface area contributed by atoms with Gasteiger partial charge in [0, 0.05) is 26.8 Å². The van der Waals surface area contributed by atoms with Gasteiger partial charge in [0.1, 0.15) is 23.6 Å². The molecule has 1 fully saturated rings. The number of likely N-dealkylation sites (N-methyl/N-ethyl adjacent to an activating group) is 1. The molecule has 1 amide bonds. The van der Waals surface area contributed by atoms with Gasteiger partial charge in [-0.3, -0.25) is 4.79 Å². The molecule has 0 bridgehead atoms. The molecule has 1 aromatic rings. The largest absolute Gasteiger partial charge is 0.377 e. The summed E-state index contributed by atoms with van der Waals surface area (Å²) in [6.45, 7) is 1.04. The minimum Gasteiger partial charge on any atom is -0.377 e. The summed E-state index contributed by atoms with van der Waals surface area (Å²) in [5.74, 6) is 1.11. The number of carbonyl (C=O) groups excluding carboxylic acids is 1.